The molecule has 0 radical (unpaired) electrons. The Hall–Kier alpha value is -1.40. The maximum atomic E-state index is 12.7. The third kappa shape index (κ3) is 3.27. The minimum Gasteiger partial charge on any atom is -0.345 e. The first-order valence-corrected chi connectivity index (χ1v) is 8.61. The average molecular weight is 310 g/mol. The van der Waals surface area contributed by atoms with E-state index >= 15 is 0 Å². The maximum Gasteiger partial charge on any atom is 0.253 e. The van der Waals surface area contributed by atoms with Gasteiger partial charge in [0.2, 0.25) is 10.0 Å². The van der Waals surface area contributed by atoms with Gasteiger partial charge in [0.1, 0.15) is 0 Å². The fourth-order valence-corrected chi connectivity index (χ4v) is 4.36. The highest BCUT2D eigenvalue weighted by Gasteiger charge is 2.31. The van der Waals surface area contributed by atoms with Gasteiger partial charge in [0.25, 0.3) is 5.91 Å². The number of benzene rings is 1. The molecule has 1 heterocycles. The summed E-state index contributed by atoms with van der Waals surface area (Å²) in [7, 11) is -0.232. The Labute approximate surface area is 126 Å². The minimum atomic E-state index is -3.53. The van der Waals surface area contributed by atoms with Crippen LogP contribution in [0.3, 0.4) is 0 Å². The van der Waals surface area contributed by atoms with Gasteiger partial charge in [-0.1, -0.05) is 12.5 Å². The first-order chi connectivity index (χ1) is 9.84. The zero-order valence-corrected chi connectivity index (χ0v) is 13.6. The molecule has 21 heavy (non-hydrogen) atoms. The predicted octanol–water partition coefficient (Wildman–Crippen LogP) is 1.95. The Morgan fingerprint density at radius 3 is 2.62 bits per heavy atom. The summed E-state index contributed by atoms with van der Waals surface area (Å²) in [6.45, 7) is 2.49. The van der Waals surface area contributed by atoms with Gasteiger partial charge in [-0.25, -0.2) is 8.42 Å². The van der Waals surface area contributed by atoms with Gasteiger partial charge >= 0.3 is 0 Å². The van der Waals surface area contributed by atoms with Crippen molar-refractivity contribution in [2.24, 2.45) is 0 Å². The lowest BCUT2D eigenvalue weighted by atomic mass is 10.1. The molecule has 1 atom stereocenters. The van der Waals surface area contributed by atoms with Crippen LogP contribution < -0.4 is 0 Å². The van der Waals surface area contributed by atoms with Crippen LogP contribution >= 0.6 is 0 Å². The number of amides is 1. The quantitative estimate of drug-likeness (QED) is 0.857. The number of carbonyl (C=O) groups excluding carboxylic acids is 1. The molecule has 1 unspecified atom stereocenters. The molecule has 0 spiro atoms. The van der Waals surface area contributed by atoms with Crippen LogP contribution in [0.2, 0.25) is 0 Å². The molecular weight excluding hydrogens is 288 g/mol. The molecule has 1 aliphatic heterocycles. The lowest BCUT2D eigenvalue weighted by molar-refractivity contribution is 0.0827. The lowest BCUT2D eigenvalue weighted by Crippen LogP contribution is -2.42. The first kappa shape index (κ1) is 16.0. The van der Waals surface area contributed by atoms with Crippen LogP contribution in [-0.4, -0.2) is 50.2 Å². The molecule has 1 aliphatic rings. The Morgan fingerprint density at radius 1 is 1.29 bits per heavy atom. The Morgan fingerprint density at radius 2 is 2.00 bits per heavy atom. The van der Waals surface area contributed by atoms with Gasteiger partial charge in [0.05, 0.1) is 4.90 Å². The second-order valence-electron chi connectivity index (χ2n) is 5.69. The Kier molecular flexibility index (Phi) is 4.68. The van der Waals surface area contributed by atoms with Crippen molar-refractivity contribution in [1.29, 1.82) is 0 Å². The monoisotopic (exact) mass is 310 g/mol. The van der Waals surface area contributed by atoms with E-state index in [1.807, 2.05) is 6.92 Å². The van der Waals surface area contributed by atoms with Gasteiger partial charge in [-0.3, -0.25) is 4.79 Å². The number of carbonyl (C=O) groups is 1. The topological polar surface area (TPSA) is 57.7 Å². The van der Waals surface area contributed by atoms with Gasteiger partial charge in [0, 0.05) is 32.2 Å². The van der Waals surface area contributed by atoms with Crippen molar-refractivity contribution < 1.29 is 13.2 Å². The molecule has 1 fully saturated rings. The number of hydrogen-bond acceptors (Lipinski definition) is 3. The molecule has 0 aliphatic carbocycles. The summed E-state index contributed by atoms with van der Waals surface area (Å²) >= 11 is 0. The van der Waals surface area contributed by atoms with Gasteiger partial charge < -0.3 is 4.90 Å². The Balaban J connectivity index is 2.36. The molecule has 2 rings (SSSR count). The summed E-state index contributed by atoms with van der Waals surface area (Å²) < 4.78 is 27.0. The van der Waals surface area contributed by atoms with Crippen LogP contribution in [0.25, 0.3) is 0 Å². The molecular formula is C15H22N2O3S. The van der Waals surface area contributed by atoms with E-state index in [0.29, 0.717) is 12.1 Å². The summed E-state index contributed by atoms with van der Waals surface area (Å²) in [5.74, 6) is -0.196. The number of nitrogens with zero attached hydrogens (tertiary/aromatic N) is 2. The summed E-state index contributed by atoms with van der Waals surface area (Å²) in [6, 6.07) is 6.30. The number of hydrogen-bond donors (Lipinski definition) is 0. The summed E-state index contributed by atoms with van der Waals surface area (Å²) in [5.41, 5.74) is 0.394. The highest BCUT2D eigenvalue weighted by molar-refractivity contribution is 7.89. The minimum absolute atomic E-state index is 0.0111. The lowest BCUT2D eigenvalue weighted by Gasteiger charge is -2.32. The Bertz CT molecular complexity index is 626. The van der Waals surface area contributed by atoms with E-state index in [9.17, 15) is 13.2 Å². The van der Waals surface area contributed by atoms with Crippen molar-refractivity contribution >= 4 is 15.9 Å². The molecule has 5 nitrogen and oxygen atoms in total. The zero-order valence-electron chi connectivity index (χ0n) is 12.7. The van der Waals surface area contributed by atoms with Crippen molar-refractivity contribution in [3.05, 3.63) is 29.8 Å². The third-order valence-corrected chi connectivity index (χ3v) is 5.85. The predicted molar refractivity (Wildman–Crippen MR) is 81.7 cm³/mol. The van der Waals surface area contributed by atoms with E-state index in [1.165, 1.54) is 11.0 Å². The number of piperidine rings is 1. The number of rotatable bonds is 3. The number of sulfonamides is 1. The smallest absolute Gasteiger partial charge is 0.253 e. The molecule has 116 valence electrons. The SMILES string of the molecule is CC1CCCCN1S(=O)(=O)c1cccc(C(=O)N(C)C)c1. The molecule has 6 heteroatoms. The van der Waals surface area contributed by atoms with Crippen LogP contribution in [0.15, 0.2) is 29.2 Å². The van der Waals surface area contributed by atoms with E-state index in [2.05, 4.69) is 0 Å². The molecule has 0 bridgehead atoms. The van der Waals surface area contributed by atoms with Gasteiger partial charge in [-0.05, 0) is 38.0 Å². The van der Waals surface area contributed by atoms with Crippen molar-refractivity contribution in [3.8, 4) is 0 Å². The zero-order chi connectivity index (χ0) is 15.6. The molecule has 1 amide bonds. The van der Waals surface area contributed by atoms with Crippen molar-refractivity contribution in [3.63, 3.8) is 0 Å². The van der Waals surface area contributed by atoms with Crippen molar-refractivity contribution in [2.75, 3.05) is 20.6 Å². The second kappa shape index (κ2) is 6.15. The molecule has 0 aromatic heterocycles. The molecule has 1 saturated heterocycles. The fraction of sp³-hybridized carbons (Fsp3) is 0.533. The molecule has 0 N–H and O–H groups in total. The van der Waals surface area contributed by atoms with E-state index < -0.39 is 10.0 Å². The van der Waals surface area contributed by atoms with Crippen molar-refractivity contribution in [2.45, 2.75) is 37.1 Å². The van der Waals surface area contributed by atoms with Crippen LogP contribution in [0.5, 0.6) is 0 Å². The second-order valence-corrected chi connectivity index (χ2v) is 7.58. The van der Waals surface area contributed by atoms with E-state index in [0.717, 1.165) is 19.3 Å². The van der Waals surface area contributed by atoms with Gasteiger partial charge in [-0.15, -0.1) is 0 Å². The van der Waals surface area contributed by atoms with E-state index in [4.69, 9.17) is 0 Å². The van der Waals surface area contributed by atoms with E-state index in [-0.39, 0.29) is 16.8 Å². The molecule has 1 aromatic rings. The van der Waals surface area contributed by atoms with Crippen molar-refractivity contribution in [1.82, 2.24) is 9.21 Å². The van der Waals surface area contributed by atoms with Crippen LogP contribution in [0.1, 0.15) is 36.5 Å². The first-order valence-electron chi connectivity index (χ1n) is 7.17. The maximum absolute atomic E-state index is 12.7. The van der Waals surface area contributed by atoms with E-state index in [1.54, 1.807) is 36.6 Å². The molecule has 1 aromatic carbocycles. The highest BCUT2D eigenvalue weighted by atomic mass is 32.2. The fourth-order valence-electron chi connectivity index (χ4n) is 2.61. The summed E-state index contributed by atoms with van der Waals surface area (Å²) in [4.78, 5) is 13.6. The third-order valence-electron chi connectivity index (χ3n) is 3.84. The standard InChI is InChI=1S/C15H22N2O3S/c1-12-7-4-5-10-17(12)21(19,20)14-9-6-8-13(11-14)15(18)16(2)3/h6,8-9,11-12H,4-5,7,10H2,1-3H3. The summed E-state index contributed by atoms with van der Waals surface area (Å²) in [6.07, 6.45) is 2.84. The van der Waals surface area contributed by atoms with Crippen LogP contribution in [-0.2, 0) is 10.0 Å². The van der Waals surface area contributed by atoms with Gasteiger partial charge in [-0.2, -0.15) is 4.31 Å². The van der Waals surface area contributed by atoms with Crippen LogP contribution in [0.4, 0.5) is 0 Å². The largest absolute Gasteiger partial charge is 0.345 e. The van der Waals surface area contributed by atoms with Crippen LogP contribution in [0, 0.1) is 0 Å². The average Bonchev–Trinajstić information content (AvgIpc) is 2.46. The molecule has 0 saturated carbocycles. The normalized spacial score (nSPS) is 20.2. The van der Waals surface area contributed by atoms with Gasteiger partial charge in [0.15, 0.2) is 0 Å². The highest BCUT2D eigenvalue weighted by Crippen LogP contribution is 2.25. The summed E-state index contributed by atoms with van der Waals surface area (Å²) in [5, 5.41) is 0.